The first-order valence-electron chi connectivity index (χ1n) is 3.55. The number of hydrogen-bond donors (Lipinski definition) is 4. The Morgan fingerprint density at radius 3 is 2.67 bits per heavy atom. The van der Waals surface area contributed by atoms with Gasteiger partial charge in [0.25, 0.3) is 0 Å². The average Bonchev–Trinajstić information content (AvgIpc) is 1.94. The minimum atomic E-state index is -0.884. The summed E-state index contributed by atoms with van der Waals surface area (Å²) in [5.41, 5.74) is 5.16. The van der Waals surface area contributed by atoms with E-state index in [0.717, 1.165) is 0 Å². The quantitative estimate of drug-likeness (QED) is 0.302. The molecule has 1 aliphatic rings. The molecule has 0 aromatic heterocycles. The summed E-state index contributed by atoms with van der Waals surface area (Å²) in [6.45, 7) is 1.64. The minimum Gasteiger partial charge on any atom is -0.387 e. The molecule has 0 aliphatic heterocycles. The van der Waals surface area contributed by atoms with Gasteiger partial charge in [-0.05, 0) is 19.1 Å². The fourth-order valence-electron chi connectivity index (χ4n) is 0.992. The number of aliphatic hydroxyl groups is 1. The van der Waals surface area contributed by atoms with Crippen LogP contribution in [0, 0.1) is 0 Å². The molecule has 12 heavy (non-hydrogen) atoms. The van der Waals surface area contributed by atoms with Crippen LogP contribution in [0.25, 0.3) is 0 Å². The molecule has 1 aliphatic carbocycles. The highest BCUT2D eigenvalue weighted by molar-refractivity contribution is 5.30. The molecule has 1 rings (SSSR count). The predicted octanol–water partition coefficient (Wildman–Crippen LogP) is -0.917. The van der Waals surface area contributed by atoms with Crippen LogP contribution >= 0.6 is 0 Å². The number of nitrogens with zero attached hydrogens (tertiary/aromatic N) is 1. The summed E-state index contributed by atoms with van der Waals surface area (Å²) in [6, 6.07) is 0. The Morgan fingerprint density at radius 1 is 1.67 bits per heavy atom. The average molecular weight is 171 g/mol. The Bertz CT molecular complexity index is 233. The standard InChI is InChI=1S/C7H13N3O2/c1-7(8)4-5(10(9)12)2-3-6(7)11/h2-4,6,11-12H,8-9H2,1H3. The van der Waals surface area contributed by atoms with E-state index in [1.165, 1.54) is 18.2 Å². The zero-order valence-electron chi connectivity index (χ0n) is 6.81. The van der Waals surface area contributed by atoms with E-state index >= 15 is 0 Å². The predicted molar refractivity (Wildman–Crippen MR) is 43.6 cm³/mol. The van der Waals surface area contributed by atoms with E-state index in [4.69, 9.17) is 16.8 Å². The van der Waals surface area contributed by atoms with E-state index < -0.39 is 11.6 Å². The van der Waals surface area contributed by atoms with Crippen LogP contribution in [0.15, 0.2) is 23.9 Å². The third-order valence-corrected chi connectivity index (χ3v) is 1.81. The van der Waals surface area contributed by atoms with Crippen molar-refractivity contribution >= 4 is 0 Å². The lowest BCUT2D eigenvalue weighted by atomic mass is 9.90. The maximum Gasteiger partial charge on any atom is 0.0938 e. The SMILES string of the molecule is CC1(N)C=C(N(N)O)C=CC1O. The van der Waals surface area contributed by atoms with Crippen LogP contribution in [0.3, 0.4) is 0 Å². The maximum absolute atomic E-state index is 9.34. The van der Waals surface area contributed by atoms with E-state index in [-0.39, 0.29) is 0 Å². The van der Waals surface area contributed by atoms with Gasteiger partial charge in [0.05, 0.1) is 17.3 Å². The molecule has 0 heterocycles. The second kappa shape index (κ2) is 2.87. The maximum atomic E-state index is 9.34. The van der Waals surface area contributed by atoms with Gasteiger partial charge < -0.3 is 10.8 Å². The topological polar surface area (TPSA) is 95.7 Å². The van der Waals surface area contributed by atoms with Crippen molar-refractivity contribution in [3.63, 3.8) is 0 Å². The number of nitrogens with two attached hydrogens (primary N) is 2. The fourth-order valence-corrected chi connectivity index (χ4v) is 0.992. The summed E-state index contributed by atoms with van der Waals surface area (Å²) in [6.07, 6.45) is 3.73. The third kappa shape index (κ3) is 1.64. The van der Waals surface area contributed by atoms with Gasteiger partial charge in [-0.1, -0.05) is 6.08 Å². The Morgan fingerprint density at radius 2 is 2.25 bits per heavy atom. The number of hydroxylamine groups is 1. The highest BCUT2D eigenvalue weighted by atomic mass is 16.5. The molecule has 0 radical (unpaired) electrons. The van der Waals surface area contributed by atoms with Crippen LogP contribution in [0.5, 0.6) is 0 Å². The van der Waals surface area contributed by atoms with Gasteiger partial charge in [0.1, 0.15) is 0 Å². The van der Waals surface area contributed by atoms with Gasteiger partial charge in [-0.3, -0.25) is 5.21 Å². The summed E-state index contributed by atoms with van der Waals surface area (Å²) in [5, 5.41) is 18.7. The number of hydrazine groups is 1. The largest absolute Gasteiger partial charge is 0.387 e. The molecule has 0 bridgehead atoms. The lowest BCUT2D eigenvalue weighted by Crippen LogP contribution is -2.48. The van der Waals surface area contributed by atoms with Crippen LogP contribution in [-0.2, 0) is 0 Å². The molecule has 0 amide bonds. The fraction of sp³-hybridized carbons (Fsp3) is 0.429. The molecule has 2 atom stereocenters. The molecule has 6 N–H and O–H groups in total. The Labute approximate surface area is 70.5 Å². The van der Waals surface area contributed by atoms with E-state index in [0.29, 0.717) is 10.9 Å². The van der Waals surface area contributed by atoms with E-state index in [9.17, 15) is 5.11 Å². The van der Waals surface area contributed by atoms with Crippen molar-refractivity contribution in [3.8, 4) is 0 Å². The summed E-state index contributed by atoms with van der Waals surface area (Å²) >= 11 is 0. The zero-order chi connectivity index (χ0) is 9.35. The first-order valence-corrected chi connectivity index (χ1v) is 3.55. The van der Waals surface area contributed by atoms with Gasteiger partial charge >= 0.3 is 0 Å². The molecule has 0 fully saturated rings. The molecule has 5 heteroatoms. The van der Waals surface area contributed by atoms with Gasteiger partial charge in [-0.25, -0.2) is 5.84 Å². The van der Waals surface area contributed by atoms with Crippen LogP contribution in [-0.4, -0.2) is 27.1 Å². The van der Waals surface area contributed by atoms with Gasteiger partial charge in [-0.15, -0.1) is 0 Å². The Balaban J connectivity index is 2.89. The third-order valence-electron chi connectivity index (χ3n) is 1.81. The summed E-state index contributed by atoms with van der Waals surface area (Å²) in [7, 11) is 0. The molecule has 68 valence electrons. The van der Waals surface area contributed by atoms with Crippen LogP contribution < -0.4 is 11.6 Å². The molecule has 2 unspecified atom stereocenters. The summed E-state index contributed by atoms with van der Waals surface area (Å²) < 4.78 is 0. The second-order valence-corrected chi connectivity index (χ2v) is 3.08. The lowest BCUT2D eigenvalue weighted by Gasteiger charge is -2.29. The summed E-state index contributed by atoms with van der Waals surface area (Å²) in [5.74, 6) is 5.07. The van der Waals surface area contributed by atoms with Gasteiger partial charge in [0, 0.05) is 0 Å². The highest BCUT2D eigenvalue weighted by Gasteiger charge is 2.28. The molecule has 0 spiro atoms. The molecule has 0 saturated heterocycles. The van der Waals surface area contributed by atoms with Gasteiger partial charge in [-0.2, -0.15) is 5.17 Å². The smallest absolute Gasteiger partial charge is 0.0938 e. The second-order valence-electron chi connectivity index (χ2n) is 3.08. The van der Waals surface area contributed by atoms with Crippen molar-refractivity contribution in [1.82, 2.24) is 5.17 Å². The van der Waals surface area contributed by atoms with E-state index in [1.807, 2.05) is 0 Å². The summed E-state index contributed by atoms with van der Waals surface area (Å²) in [4.78, 5) is 0. The van der Waals surface area contributed by atoms with E-state index in [1.54, 1.807) is 6.92 Å². The van der Waals surface area contributed by atoms with Crippen molar-refractivity contribution in [3.05, 3.63) is 23.9 Å². The van der Waals surface area contributed by atoms with Crippen molar-refractivity contribution in [2.24, 2.45) is 11.6 Å². The lowest BCUT2D eigenvalue weighted by molar-refractivity contribution is -0.0546. The van der Waals surface area contributed by atoms with Crippen LogP contribution in [0.4, 0.5) is 0 Å². The molecule has 5 nitrogen and oxygen atoms in total. The normalized spacial score (nSPS) is 34.8. The first-order chi connectivity index (χ1) is 5.43. The molecular formula is C7H13N3O2. The molecular weight excluding hydrogens is 158 g/mol. The minimum absolute atomic E-state index is 0.366. The highest BCUT2D eigenvalue weighted by Crippen LogP contribution is 2.19. The monoisotopic (exact) mass is 171 g/mol. The van der Waals surface area contributed by atoms with Crippen molar-refractivity contribution < 1.29 is 10.3 Å². The molecule has 0 aromatic carbocycles. The Kier molecular flexibility index (Phi) is 2.20. The number of hydrogen-bond acceptors (Lipinski definition) is 5. The number of aliphatic hydroxyl groups excluding tert-OH is 1. The Hall–Kier alpha value is -0.880. The number of allylic oxidation sites excluding steroid dienone is 1. The van der Waals surface area contributed by atoms with Gasteiger partial charge in [0.2, 0.25) is 0 Å². The molecule has 0 aromatic rings. The van der Waals surface area contributed by atoms with Crippen molar-refractivity contribution in [1.29, 1.82) is 0 Å². The van der Waals surface area contributed by atoms with Crippen LogP contribution in [0.2, 0.25) is 0 Å². The van der Waals surface area contributed by atoms with E-state index in [2.05, 4.69) is 0 Å². The zero-order valence-corrected chi connectivity index (χ0v) is 6.81. The van der Waals surface area contributed by atoms with Gasteiger partial charge in [0.15, 0.2) is 0 Å². The van der Waals surface area contributed by atoms with Crippen LogP contribution in [0.1, 0.15) is 6.92 Å². The first kappa shape index (κ1) is 9.21. The van der Waals surface area contributed by atoms with Crippen molar-refractivity contribution in [2.45, 2.75) is 18.6 Å². The van der Waals surface area contributed by atoms with Crippen molar-refractivity contribution in [2.75, 3.05) is 0 Å². The number of rotatable bonds is 1. The molecule has 0 saturated carbocycles.